The minimum absolute atomic E-state index is 0.691. The fraction of sp³-hybridized carbons (Fsp3) is 0.571. The fourth-order valence-corrected chi connectivity index (χ4v) is 1.91. The first-order valence-corrected chi connectivity index (χ1v) is 6.60. The zero-order chi connectivity index (χ0) is 11.1. The van der Waals surface area contributed by atoms with E-state index >= 15 is 0 Å². The van der Waals surface area contributed by atoms with Crippen LogP contribution in [0.1, 0.15) is 50.2 Å². The van der Waals surface area contributed by atoms with E-state index in [-0.39, 0.29) is 0 Å². The maximum atomic E-state index is 4.22. The highest BCUT2D eigenvalue weighted by molar-refractivity contribution is 7.80. The molecule has 1 aromatic carbocycles. The van der Waals surface area contributed by atoms with Crippen LogP contribution in [0.5, 0.6) is 0 Å². The molecule has 0 nitrogen and oxygen atoms in total. The second-order valence-electron chi connectivity index (χ2n) is 4.23. The van der Waals surface area contributed by atoms with Crippen LogP contribution in [0.3, 0.4) is 0 Å². The molecule has 0 fully saturated rings. The van der Waals surface area contributed by atoms with Crippen molar-refractivity contribution in [1.29, 1.82) is 0 Å². The summed E-state index contributed by atoms with van der Waals surface area (Å²) in [5, 5.41) is 0. The van der Waals surface area contributed by atoms with Gasteiger partial charge in [0.05, 0.1) is 0 Å². The van der Waals surface area contributed by atoms with E-state index in [9.17, 15) is 0 Å². The number of benzene rings is 1. The summed E-state index contributed by atoms with van der Waals surface area (Å²) in [6.07, 6.45) is 4.89. The van der Waals surface area contributed by atoms with Gasteiger partial charge in [0.2, 0.25) is 0 Å². The van der Waals surface area contributed by atoms with Crippen molar-refractivity contribution in [2.24, 2.45) is 0 Å². The van der Waals surface area contributed by atoms with Gasteiger partial charge in [-0.1, -0.05) is 38.1 Å². The Morgan fingerprint density at radius 1 is 1.13 bits per heavy atom. The normalized spacial score (nSPS) is 12.7. The van der Waals surface area contributed by atoms with E-state index in [0.717, 1.165) is 5.75 Å². The van der Waals surface area contributed by atoms with Crippen LogP contribution in [0.2, 0.25) is 0 Å². The van der Waals surface area contributed by atoms with Crippen molar-refractivity contribution in [3.05, 3.63) is 35.4 Å². The van der Waals surface area contributed by atoms with E-state index in [1.165, 1.54) is 36.8 Å². The summed E-state index contributed by atoms with van der Waals surface area (Å²) in [5.74, 6) is 1.70. The van der Waals surface area contributed by atoms with Crippen LogP contribution in [0.25, 0.3) is 0 Å². The van der Waals surface area contributed by atoms with E-state index < -0.39 is 0 Å². The number of rotatable bonds is 6. The maximum absolute atomic E-state index is 4.22. The van der Waals surface area contributed by atoms with Crippen molar-refractivity contribution in [2.45, 2.75) is 45.4 Å². The summed E-state index contributed by atoms with van der Waals surface area (Å²) in [7, 11) is 0. The Kier molecular flexibility index (Phi) is 5.85. The smallest absolute Gasteiger partial charge is 0.00978 e. The minimum Gasteiger partial charge on any atom is -0.179 e. The lowest BCUT2D eigenvalue weighted by molar-refractivity contribution is 0.732. The molecular weight excluding hydrogens is 200 g/mol. The number of aryl methyl sites for hydroxylation is 1. The average Bonchev–Trinajstić information content (AvgIpc) is 2.29. The molecule has 0 N–H and O–H groups in total. The van der Waals surface area contributed by atoms with Crippen LogP contribution in [0, 0.1) is 0 Å². The van der Waals surface area contributed by atoms with Gasteiger partial charge < -0.3 is 0 Å². The monoisotopic (exact) mass is 222 g/mol. The van der Waals surface area contributed by atoms with Crippen LogP contribution in [0.15, 0.2) is 24.3 Å². The summed E-state index contributed by atoms with van der Waals surface area (Å²) in [6.45, 7) is 4.53. The molecular formula is C14H22S. The van der Waals surface area contributed by atoms with Crippen molar-refractivity contribution in [1.82, 2.24) is 0 Å². The van der Waals surface area contributed by atoms with Gasteiger partial charge in [0, 0.05) is 0 Å². The topological polar surface area (TPSA) is 0 Å². The van der Waals surface area contributed by atoms with Gasteiger partial charge >= 0.3 is 0 Å². The fourth-order valence-electron chi connectivity index (χ4n) is 1.69. The first-order chi connectivity index (χ1) is 7.27. The number of hydrogen-bond donors (Lipinski definition) is 1. The van der Waals surface area contributed by atoms with Crippen molar-refractivity contribution in [3.8, 4) is 0 Å². The Morgan fingerprint density at radius 2 is 1.80 bits per heavy atom. The van der Waals surface area contributed by atoms with Crippen LogP contribution in [-0.2, 0) is 6.42 Å². The molecule has 0 bridgehead atoms. The molecule has 1 atom stereocenters. The molecule has 0 saturated carbocycles. The van der Waals surface area contributed by atoms with Crippen molar-refractivity contribution in [2.75, 3.05) is 5.75 Å². The summed E-state index contributed by atoms with van der Waals surface area (Å²) in [6, 6.07) is 9.12. The summed E-state index contributed by atoms with van der Waals surface area (Å²) < 4.78 is 0. The molecule has 0 spiro atoms. The SMILES string of the molecule is CCC(C)c1ccc(CCCCS)cc1. The van der Waals surface area contributed by atoms with E-state index in [1.807, 2.05) is 0 Å². The highest BCUT2D eigenvalue weighted by Crippen LogP contribution is 2.19. The molecule has 0 aliphatic heterocycles. The first-order valence-electron chi connectivity index (χ1n) is 5.97. The Hall–Kier alpha value is -0.430. The lowest BCUT2D eigenvalue weighted by atomic mass is 9.97. The molecule has 1 heteroatoms. The molecule has 1 rings (SSSR count). The van der Waals surface area contributed by atoms with Crippen molar-refractivity contribution < 1.29 is 0 Å². The molecule has 0 saturated heterocycles. The number of thiol groups is 1. The number of hydrogen-bond acceptors (Lipinski definition) is 1. The molecule has 1 aromatic rings. The standard InChI is InChI=1S/C14H22S/c1-3-12(2)14-9-7-13(8-10-14)6-4-5-11-15/h7-10,12,15H,3-6,11H2,1-2H3. The Morgan fingerprint density at radius 3 is 2.33 bits per heavy atom. The Bertz CT molecular complexity index is 263. The third kappa shape index (κ3) is 4.29. The largest absolute Gasteiger partial charge is 0.179 e. The van der Waals surface area contributed by atoms with Gasteiger partial charge in [-0.3, -0.25) is 0 Å². The van der Waals surface area contributed by atoms with Crippen LogP contribution in [0.4, 0.5) is 0 Å². The predicted molar refractivity (Wildman–Crippen MR) is 71.9 cm³/mol. The van der Waals surface area contributed by atoms with Gasteiger partial charge in [-0.05, 0) is 48.5 Å². The number of unbranched alkanes of at least 4 members (excludes halogenated alkanes) is 1. The van der Waals surface area contributed by atoms with Gasteiger partial charge in [-0.25, -0.2) is 0 Å². The minimum atomic E-state index is 0.691. The molecule has 84 valence electrons. The maximum Gasteiger partial charge on any atom is -0.00978 e. The van der Waals surface area contributed by atoms with Crippen LogP contribution >= 0.6 is 12.6 Å². The summed E-state index contributed by atoms with van der Waals surface area (Å²) in [4.78, 5) is 0. The molecule has 1 unspecified atom stereocenters. The predicted octanol–water partition coefficient (Wildman–Crippen LogP) is 4.45. The molecule has 0 radical (unpaired) electrons. The summed E-state index contributed by atoms with van der Waals surface area (Å²) in [5.41, 5.74) is 2.93. The van der Waals surface area contributed by atoms with E-state index in [0.29, 0.717) is 5.92 Å². The van der Waals surface area contributed by atoms with Crippen molar-refractivity contribution in [3.63, 3.8) is 0 Å². The van der Waals surface area contributed by atoms with Crippen LogP contribution < -0.4 is 0 Å². The quantitative estimate of drug-likeness (QED) is 0.533. The molecule has 0 heterocycles. The van der Waals surface area contributed by atoms with Gasteiger partial charge in [-0.15, -0.1) is 0 Å². The van der Waals surface area contributed by atoms with Gasteiger partial charge in [0.1, 0.15) is 0 Å². The molecule has 15 heavy (non-hydrogen) atoms. The van der Waals surface area contributed by atoms with E-state index in [2.05, 4.69) is 50.7 Å². The van der Waals surface area contributed by atoms with Gasteiger partial charge in [0.15, 0.2) is 0 Å². The third-order valence-corrected chi connectivity index (χ3v) is 3.35. The summed E-state index contributed by atoms with van der Waals surface area (Å²) >= 11 is 4.22. The highest BCUT2D eigenvalue weighted by Gasteiger charge is 2.01. The zero-order valence-corrected chi connectivity index (χ0v) is 10.8. The average molecular weight is 222 g/mol. The Balaban J connectivity index is 2.49. The lowest BCUT2D eigenvalue weighted by Gasteiger charge is -2.09. The molecule has 0 aromatic heterocycles. The van der Waals surface area contributed by atoms with Gasteiger partial charge in [0.25, 0.3) is 0 Å². The Labute approximate surface area is 99.5 Å². The second kappa shape index (κ2) is 6.95. The molecule has 0 aliphatic rings. The van der Waals surface area contributed by atoms with Gasteiger partial charge in [-0.2, -0.15) is 12.6 Å². The van der Waals surface area contributed by atoms with Crippen LogP contribution in [-0.4, -0.2) is 5.75 Å². The highest BCUT2D eigenvalue weighted by atomic mass is 32.1. The second-order valence-corrected chi connectivity index (χ2v) is 4.68. The molecule has 0 aliphatic carbocycles. The van der Waals surface area contributed by atoms with E-state index in [1.54, 1.807) is 0 Å². The zero-order valence-electron chi connectivity index (χ0n) is 9.87. The molecule has 0 amide bonds. The lowest BCUT2D eigenvalue weighted by Crippen LogP contribution is -1.92. The third-order valence-electron chi connectivity index (χ3n) is 3.03. The van der Waals surface area contributed by atoms with E-state index in [4.69, 9.17) is 0 Å². The first kappa shape index (κ1) is 12.6. The van der Waals surface area contributed by atoms with Crippen molar-refractivity contribution >= 4 is 12.6 Å².